The summed E-state index contributed by atoms with van der Waals surface area (Å²) in [6.45, 7) is 0.436. The molecule has 0 aliphatic carbocycles. The van der Waals surface area contributed by atoms with Crippen LogP contribution in [0.1, 0.15) is 11.1 Å². The number of thioether (sulfide) groups is 1. The predicted molar refractivity (Wildman–Crippen MR) is 137 cm³/mol. The van der Waals surface area contributed by atoms with Crippen LogP contribution in [0.2, 0.25) is 0 Å². The average molecular weight is 475 g/mol. The van der Waals surface area contributed by atoms with E-state index in [-0.39, 0.29) is 18.4 Å². The number of anilines is 1. The molecule has 1 heterocycles. The first kappa shape index (κ1) is 22.8. The molecule has 1 aliphatic rings. The minimum Gasteiger partial charge on any atom is -0.484 e. The third-order valence-electron chi connectivity index (χ3n) is 4.92. The molecule has 3 aromatic rings. The highest BCUT2D eigenvalue weighted by Crippen LogP contribution is 2.33. The van der Waals surface area contributed by atoms with Crippen LogP contribution < -0.4 is 10.1 Å². The van der Waals surface area contributed by atoms with Crippen LogP contribution in [0.15, 0.2) is 89.8 Å². The second-order valence-electron chi connectivity index (χ2n) is 7.34. The molecule has 0 radical (unpaired) electrons. The summed E-state index contributed by atoms with van der Waals surface area (Å²) in [5.74, 6) is 0.215. The van der Waals surface area contributed by atoms with Crippen molar-refractivity contribution in [3.8, 4) is 5.75 Å². The maximum Gasteiger partial charge on any atom is 0.266 e. The molecular formula is C26H22N2O3S2. The van der Waals surface area contributed by atoms with Crippen molar-refractivity contribution >= 4 is 51.9 Å². The zero-order chi connectivity index (χ0) is 23.0. The van der Waals surface area contributed by atoms with Crippen LogP contribution >= 0.6 is 24.0 Å². The van der Waals surface area contributed by atoms with Crippen molar-refractivity contribution in [1.29, 1.82) is 0 Å². The molecule has 7 heteroatoms. The molecule has 1 aliphatic heterocycles. The van der Waals surface area contributed by atoms with Gasteiger partial charge in [0.2, 0.25) is 0 Å². The van der Waals surface area contributed by atoms with Gasteiger partial charge in [0.1, 0.15) is 10.1 Å². The van der Waals surface area contributed by atoms with E-state index >= 15 is 0 Å². The Balaban J connectivity index is 1.35. The maximum atomic E-state index is 12.9. The van der Waals surface area contributed by atoms with Crippen LogP contribution in [0.3, 0.4) is 0 Å². The van der Waals surface area contributed by atoms with E-state index < -0.39 is 0 Å². The number of ether oxygens (including phenoxy) is 1. The SMILES string of the molecule is O=C(COc1cccc(/C=C2\SC(=S)N(CCc3ccccc3)C2=O)c1)Nc1ccccc1. The number of carbonyl (C=O) groups excluding carboxylic acids is 2. The summed E-state index contributed by atoms with van der Waals surface area (Å²) in [7, 11) is 0. The van der Waals surface area contributed by atoms with Crippen LogP contribution in [-0.2, 0) is 16.0 Å². The molecule has 2 amide bonds. The molecule has 0 bridgehead atoms. The van der Waals surface area contributed by atoms with Gasteiger partial charge in [-0.3, -0.25) is 14.5 Å². The van der Waals surface area contributed by atoms with E-state index in [9.17, 15) is 9.59 Å². The summed E-state index contributed by atoms with van der Waals surface area (Å²) < 4.78 is 6.19. The number of nitrogens with one attached hydrogen (secondary N) is 1. The number of para-hydroxylation sites is 1. The van der Waals surface area contributed by atoms with Crippen LogP contribution in [0, 0.1) is 0 Å². The van der Waals surface area contributed by atoms with Crippen molar-refractivity contribution in [3.05, 3.63) is 101 Å². The normalized spacial score (nSPS) is 14.5. The Morgan fingerprint density at radius 3 is 2.48 bits per heavy atom. The fraction of sp³-hybridized carbons (Fsp3) is 0.115. The van der Waals surface area contributed by atoms with E-state index in [2.05, 4.69) is 5.32 Å². The first-order valence-electron chi connectivity index (χ1n) is 10.5. The van der Waals surface area contributed by atoms with Crippen molar-refractivity contribution in [2.24, 2.45) is 0 Å². The first-order chi connectivity index (χ1) is 16.1. The molecule has 166 valence electrons. The molecule has 0 spiro atoms. The van der Waals surface area contributed by atoms with Crippen LogP contribution in [0.4, 0.5) is 5.69 Å². The molecule has 0 aromatic heterocycles. The van der Waals surface area contributed by atoms with Crippen molar-refractivity contribution in [2.45, 2.75) is 6.42 Å². The average Bonchev–Trinajstić information content (AvgIpc) is 3.10. The molecule has 5 nitrogen and oxygen atoms in total. The summed E-state index contributed by atoms with van der Waals surface area (Å²) in [6, 6.07) is 26.5. The van der Waals surface area contributed by atoms with E-state index in [4.69, 9.17) is 17.0 Å². The Kier molecular flexibility index (Phi) is 7.55. The molecule has 1 saturated heterocycles. The number of carbonyl (C=O) groups is 2. The number of hydrogen-bond acceptors (Lipinski definition) is 5. The zero-order valence-electron chi connectivity index (χ0n) is 17.8. The maximum absolute atomic E-state index is 12.9. The Bertz CT molecular complexity index is 1180. The minimum atomic E-state index is -0.245. The number of hydrogen-bond donors (Lipinski definition) is 1. The fourth-order valence-electron chi connectivity index (χ4n) is 3.29. The third-order valence-corrected chi connectivity index (χ3v) is 6.30. The van der Waals surface area contributed by atoms with Crippen LogP contribution in [0.5, 0.6) is 5.75 Å². The lowest BCUT2D eigenvalue weighted by Gasteiger charge is -2.14. The van der Waals surface area contributed by atoms with Gasteiger partial charge in [-0.05, 0) is 47.9 Å². The number of nitrogens with zero attached hydrogens (tertiary/aromatic N) is 1. The summed E-state index contributed by atoms with van der Waals surface area (Å²) >= 11 is 6.74. The molecule has 1 fully saturated rings. The zero-order valence-corrected chi connectivity index (χ0v) is 19.4. The minimum absolute atomic E-state index is 0.0884. The lowest BCUT2D eigenvalue weighted by Crippen LogP contribution is -2.30. The van der Waals surface area contributed by atoms with Gasteiger partial charge < -0.3 is 10.1 Å². The Hall–Kier alpha value is -3.42. The number of amides is 2. The summed E-state index contributed by atoms with van der Waals surface area (Å²) in [4.78, 5) is 27.2. The second-order valence-corrected chi connectivity index (χ2v) is 9.02. The molecule has 33 heavy (non-hydrogen) atoms. The molecule has 0 unspecified atom stereocenters. The first-order valence-corrected chi connectivity index (χ1v) is 11.7. The monoisotopic (exact) mass is 474 g/mol. The molecule has 0 saturated carbocycles. The smallest absolute Gasteiger partial charge is 0.266 e. The van der Waals surface area contributed by atoms with Gasteiger partial charge in [0, 0.05) is 12.2 Å². The number of thiocarbonyl (C=S) groups is 1. The van der Waals surface area contributed by atoms with Gasteiger partial charge in [0.25, 0.3) is 11.8 Å². The molecule has 4 rings (SSSR count). The largest absolute Gasteiger partial charge is 0.484 e. The quantitative estimate of drug-likeness (QED) is 0.362. The lowest BCUT2D eigenvalue weighted by atomic mass is 10.1. The van der Waals surface area contributed by atoms with Gasteiger partial charge in [-0.2, -0.15) is 0 Å². The number of rotatable bonds is 8. The predicted octanol–water partition coefficient (Wildman–Crippen LogP) is 5.15. The summed E-state index contributed by atoms with van der Waals surface area (Å²) in [5.41, 5.74) is 2.69. The Labute approximate surface area is 202 Å². The molecular weight excluding hydrogens is 452 g/mol. The topological polar surface area (TPSA) is 58.6 Å². The van der Waals surface area contributed by atoms with Crippen molar-refractivity contribution < 1.29 is 14.3 Å². The van der Waals surface area contributed by atoms with Gasteiger partial charge in [-0.1, -0.05) is 84.6 Å². The standard InChI is InChI=1S/C26H22N2O3S2/c29-24(27-21-11-5-2-6-12-21)18-31-22-13-7-10-20(16-22)17-23-25(30)28(26(32)33-23)15-14-19-8-3-1-4-9-19/h1-13,16-17H,14-15,18H2,(H,27,29)/b23-17-. The van der Waals surface area contributed by atoms with Crippen molar-refractivity contribution in [3.63, 3.8) is 0 Å². The van der Waals surface area contributed by atoms with Gasteiger partial charge in [0.05, 0.1) is 4.91 Å². The van der Waals surface area contributed by atoms with E-state index in [1.807, 2.05) is 72.8 Å². The highest BCUT2D eigenvalue weighted by Gasteiger charge is 2.31. The van der Waals surface area contributed by atoms with Gasteiger partial charge in [-0.25, -0.2) is 0 Å². The Morgan fingerprint density at radius 2 is 1.73 bits per heavy atom. The molecule has 0 atom stereocenters. The summed E-state index contributed by atoms with van der Waals surface area (Å²) in [5, 5.41) is 2.78. The fourth-order valence-corrected chi connectivity index (χ4v) is 4.60. The molecule has 3 aromatic carbocycles. The lowest BCUT2D eigenvalue weighted by molar-refractivity contribution is -0.122. The van der Waals surface area contributed by atoms with Gasteiger partial charge in [0.15, 0.2) is 6.61 Å². The number of benzene rings is 3. The van der Waals surface area contributed by atoms with E-state index in [1.165, 1.54) is 11.8 Å². The van der Waals surface area contributed by atoms with Crippen LogP contribution in [0.25, 0.3) is 6.08 Å². The van der Waals surface area contributed by atoms with Gasteiger partial charge in [-0.15, -0.1) is 0 Å². The van der Waals surface area contributed by atoms with Crippen molar-refractivity contribution in [1.82, 2.24) is 4.90 Å². The van der Waals surface area contributed by atoms with Gasteiger partial charge >= 0.3 is 0 Å². The van der Waals surface area contributed by atoms with Crippen molar-refractivity contribution in [2.75, 3.05) is 18.5 Å². The van der Waals surface area contributed by atoms with E-state index in [0.29, 0.717) is 27.2 Å². The van der Waals surface area contributed by atoms with E-state index in [0.717, 1.165) is 17.5 Å². The van der Waals surface area contributed by atoms with E-state index in [1.54, 1.807) is 23.1 Å². The van der Waals surface area contributed by atoms with Crippen LogP contribution in [-0.4, -0.2) is 34.2 Å². The highest BCUT2D eigenvalue weighted by atomic mass is 32.2. The third kappa shape index (κ3) is 6.31. The summed E-state index contributed by atoms with van der Waals surface area (Å²) in [6.07, 6.45) is 2.55. The Morgan fingerprint density at radius 1 is 1.00 bits per heavy atom. The highest BCUT2D eigenvalue weighted by molar-refractivity contribution is 8.26. The second kappa shape index (κ2) is 10.9. The molecule has 1 N–H and O–H groups in total.